The summed E-state index contributed by atoms with van der Waals surface area (Å²) < 4.78 is 0. The van der Waals surface area contributed by atoms with Crippen molar-refractivity contribution in [3.8, 4) is 0 Å². The Morgan fingerprint density at radius 1 is 1.36 bits per heavy atom. The molecule has 0 saturated carbocycles. The monoisotopic (exact) mass is 190 g/mol. The van der Waals surface area contributed by atoms with Crippen molar-refractivity contribution in [3.05, 3.63) is 35.4 Å². The predicted octanol–water partition coefficient (Wildman–Crippen LogP) is 1.75. The summed E-state index contributed by atoms with van der Waals surface area (Å²) >= 11 is 0. The summed E-state index contributed by atoms with van der Waals surface area (Å²) in [6, 6.07) is 9.16. The van der Waals surface area contributed by atoms with E-state index >= 15 is 0 Å². The van der Waals surface area contributed by atoms with Crippen LogP contribution in [0.4, 0.5) is 0 Å². The Morgan fingerprint density at radius 3 is 2.64 bits per heavy atom. The summed E-state index contributed by atoms with van der Waals surface area (Å²) in [5.74, 6) is 0. The Morgan fingerprint density at radius 2 is 2.07 bits per heavy atom. The third kappa shape index (κ3) is 1.97. The zero-order valence-electron chi connectivity index (χ0n) is 8.66. The molecule has 3 N–H and O–H groups in total. The summed E-state index contributed by atoms with van der Waals surface area (Å²) in [5.41, 5.74) is 8.73. The molecule has 2 heteroatoms. The minimum absolute atomic E-state index is 0.151. The van der Waals surface area contributed by atoms with Gasteiger partial charge in [0, 0.05) is 12.1 Å². The van der Waals surface area contributed by atoms with E-state index in [9.17, 15) is 0 Å². The molecule has 0 amide bonds. The normalized spacial score (nSPS) is 23.7. The molecule has 1 fully saturated rings. The van der Waals surface area contributed by atoms with Gasteiger partial charge in [0.1, 0.15) is 0 Å². The summed E-state index contributed by atoms with van der Waals surface area (Å²) in [7, 11) is 0. The first-order chi connectivity index (χ1) is 6.77. The molecular formula is C12H18N2. The summed E-state index contributed by atoms with van der Waals surface area (Å²) in [6.07, 6.45) is 2.46. The second-order valence-corrected chi connectivity index (χ2v) is 4.14. The zero-order chi connectivity index (χ0) is 9.97. The van der Waals surface area contributed by atoms with Gasteiger partial charge in [-0.1, -0.05) is 29.8 Å². The third-order valence-electron chi connectivity index (χ3n) is 2.99. The van der Waals surface area contributed by atoms with Crippen LogP contribution in [0.5, 0.6) is 0 Å². The highest BCUT2D eigenvalue weighted by molar-refractivity contribution is 5.25. The maximum atomic E-state index is 6.19. The van der Waals surface area contributed by atoms with Gasteiger partial charge in [-0.2, -0.15) is 0 Å². The van der Waals surface area contributed by atoms with Crippen molar-refractivity contribution in [2.75, 3.05) is 6.54 Å². The van der Waals surface area contributed by atoms with Crippen LogP contribution in [0.1, 0.15) is 30.0 Å². The number of nitrogens with one attached hydrogen (secondary N) is 1. The summed E-state index contributed by atoms with van der Waals surface area (Å²) in [5, 5.41) is 3.44. The van der Waals surface area contributed by atoms with Crippen molar-refractivity contribution in [1.29, 1.82) is 0 Å². The van der Waals surface area contributed by atoms with E-state index in [0.29, 0.717) is 6.04 Å². The van der Waals surface area contributed by atoms with Crippen molar-refractivity contribution in [2.24, 2.45) is 5.73 Å². The highest BCUT2D eigenvalue weighted by Gasteiger charge is 2.22. The Hall–Kier alpha value is -0.860. The number of hydrogen-bond donors (Lipinski definition) is 2. The number of rotatable bonds is 2. The first-order valence-electron chi connectivity index (χ1n) is 5.33. The van der Waals surface area contributed by atoms with Crippen LogP contribution in [0.25, 0.3) is 0 Å². The third-order valence-corrected chi connectivity index (χ3v) is 2.99. The SMILES string of the molecule is Cc1ccc(C(N)C2CCCN2)cc1. The van der Waals surface area contributed by atoms with Crippen LogP contribution in [0.2, 0.25) is 0 Å². The largest absolute Gasteiger partial charge is 0.323 e. The second-order valence-electron chi connectivity index (χ2n) is 4.14. The summed E-state index contributed by atoms with van der Waals surface area (Å²) in [6.45, 7) is 3.22. The van der Waals surface area contributed by atoms with E-state index in [1.807, 2.05) is 0 Å². The number of aryl methyl sites for hydroxylation is 1. The smallest absolute Gasteiger partial charge is 0.0450 e. The molecule has 0 bridgehead atoms. The average Bonchev–Trinajstić information content (AvgIpc) is 2.71. The standard InChI is InChI=1S/C12H18N2/c1-9-4-6-10(7-5-9)12(13)11-3-2-8-14-11/h4-7,11-12,14H,2-3,8,13H2,1H3. The highest BCUT2D eigenvalue weighted by atomic mass is 15.0. The van der Waals surface area contributed by atoms with Crippen molar-refractivity contribution in [2.45, 2.75) is 31.8 Å². The van der Waals surface area contributed by atoms with Crippen LogP contribution < -0.4 is 11.1 Å². The second kappa shape index (κ2) is 4.11. The van der Waals surface area contributed by atoms with E-state index < -0.39 is 0 Å². The molecular weight excluding hydrogens is 172 g/mol. The van der Waals surface area contributed by atoms with Gasteiger partial charge in [0.2, 0.25) is 0 Å². The fraction of sp³-hybridized carbons (Fsp3) is 0.500. The molecule has 1 saturated heterocycles. The van der Waals surface area contributed by atoms with Crippen molar-refractivity contribution in [1.82, 2.24) is 5.32 Å². The van der Waals surface area contributed by atoms with Gasteiger partial charge < -0.3 is 11.1 Å². The quantitative estimate of drug-likeness (QED) is 0.745. The van der Waals surface area contributed by atoms with Crippen LogP contribution in [0.15, 0.2) is 24.3 Å². The maximum absolute atomic E-state index is 6.19. The van der Waals surface area contributed by atoms with E-state index in [-0.39, 0.29) is 6.04 Å². The Balaban J connectivity index is 2.09. The Labute approximate surface area is 85.5 Å². The number of hydrogen-bond acceptors (Lipinski definition) is 2. The molecule has 2 rings (SSSR count). The molecule has 0 spiro atoms. The van der Waals surface area contributed by atoms with E-state index in [1.165, 1.54) is 24.0 Å². The van der Waals surface area contributed by atoms with Gasteiger partial charge in [0.05, 0.1) is 0 Å². The minimum Gasteiger partial charge on any atom is -0.323 e. The van der Waals surface area contributed by atoms with Crippen LogP contribution in [-0.2, 0) is 0 Å². The van der Waals surface area contributed by atoms with Gasteiger partial charge in [-0.15, -0.1) is 0 Å². The first kappa shape index (κ1) is 9.69. The van der Waals surface area contributed by atoms with Gasteiger partial charge in [0.25, 0.3) is 0 Å². The van der Waals surface area contributed by atoms with Gasteiger partial charge in [-0.05, 0) is 31.9 Å². The molecule has 1 aliphatic heterocycles. The van der Waals surface area contributed by atoms with E-state index in [4.69, 9.17) is 5.73 Å². The number of benzene rings is 1. The first-order valence-corrected chi connectivity index (χ1v) is 5.33. The van der Waals surface area contributed by atoms with Crippen molar-refractivity contribution in [3.63, 3.8) is 0 Å². The van der Waals surface area contributed by atoms with Crippen LogP contribution in [-0.4, -0.2) is 12.6 Å². The van der Waals surface area contributed by atoms with Crippen molar-refractivity contribution >= 4 is 0 Å². The van der Waals surface area contributed by atoms with E-state index in [1.54, 1.807) is 0 Å². The molecule has 0 aliphatic carbocycles. The van der Waals surface area contributed by atoms with Gasteiger partial charge in [-0.25, -0.2) is 0 Å². The molecule has 1 aliphatic rings. The molecule has 1 heterocycles. The lowest BCUT2D eigenvalue weighted by Crippen LogP contribution is -2.34. The Kier molecular flexibility index (Phi) is 2.85. The molecule has 1 aromatic carbocycles. The lowest BCUT2D eigenvalue weighted by molar-refractivity contribution is 0.501. The fourth-order valence-electron chi connectivity index (χ4n) is 2.04. The highest BCUT2D eigenvalue weighted by Crippen LogP contribution is 2.20. The van der Waals surface area contributed by atoms with Crippen molar-refractivity contribution < 1.29 is 0 Å². The molecule has 2 unspecified atom stereocenters. The van der Waals surface area contributed by atoms with Crippen LogP contribution in [0, 0.1) is 6.92 Å². The Bertz CT molecular complexity index is 286. The molecule has 2 atom stereocenters. The van der Waals surface area contributed by atoms with Crippen LogP contribution in [0.3, 0.4) is 0 Å². The molecule has 1 aromatic rings. The molecule has 2 nitrogen and oxygen atoms in total. The number of nitrogens with two attached hydrogens (primary N) is 1. The lowest BCUT2D eigenvalue weighted by atomic mass is 9.98. The topological polar surface area (TPSA) is 38.0 Å². The lowest BCUT2D eigenvalue weighted by Gasteiger charge is -2.19. The molecule has 76 valence electrons. The van der Waals surface area contributed by atoms with Crippen LogP contribution >= 0.6 is 0 Å². The van der Waals surface area contributed by atoms with Gasteiger partial charge >= 0.3 is 0 Å². The maximum Gasteiger partial charge on any atom is 0.0450 e. The average molecular weight is 190 g/mol. The van der Waals surface area contributed by atoms with Gasteiger partial charge in [0.15, 0.2) is 0 Å². The predicted molar refractivity (Wildman–Crippen MR) is 59.1 cm³/mol. The zero-order valence-corrected chi connectivity index (χ0v) is 8.66. The summed E-state index contributed by atoms with van der Waals surface area (Å²) in [4.78, 5) is 0. The van der Waals surface area contributed by atoms with E-state index in [2.05, 4.69) is 36.5 Å². The molecule has 0 aromatic heterocycles. The molecule has 0 radical (unpaired) electrons. The van der Waals surface area contributed by atoms with Gasteiger partial charge in [-0.3, -0.25) is 0 Å². The fourth-order valence-corrected chi connectivity index (χ4v) is 2.04. The molecule has 14 heavy (non-hydrogen) atoms. The minimum atomic E-state index is 0.151. The van der Waals surface area contributed by atoms with E-state index in [0.717, 1.165) is 6.54 Å².